The van der Waals surface area contributed by atoms with Gasteiger partial charge in [0.2, 0.25) is 0 Å². The Morgan fingerprint density at radius 1 is 1.03 bits per heavy atom. The van der Waals surface area contributed by atoms with Gasteiger partial charge in [-0.25, -0.2) is 14.6 Å². The van der Waals surface area contributed by atoms with Crippen molar-refractivity contribution in [3.05, 3.63) is 80.7 Å². The fourth-order valence-corrected chi connectivity index (χ4v) is 5.45. The lowest BCUT2D eigenvalue weighted by molar-refractivity contribution is -0.123. The molecule has 1 saturated heterocycles. The molecule has 3 aromatic rings. The van der Waals surface area contributed by atoms with Gasteiger partial charge in [-0.2, -0.15) is 0 Å². The predicted octanol–water partition coefficient (Wildman–Crippen LogP) is 6.04. The molecule has 0 bridgehead atoms. The van der Waals surface area contributed by atoms with E-state index in [2.05, 4.69) is 11.5 Å². The zero-order chi connectivity index (χ0) is 27.9. The maximum absolute atomic E-state index is 13.6. The molecule has 1 aliphatic rings. The van der Waals surface area contributed by atoms with Gasteiger partial charge in [-0.05, 0) is 60.5 Å². The van der Waals surface area contributed by atoms with Gasteiger partial charge in [-0.3, -0.25) is 14.6 Å². The van der Waals surface area contributed by atoms with E-state index in [9.17, 15) is 14.4 Å². The van der Waals surface area contributed by atoms with Gasteiger partial charge in [0.1, 0.15) is 11.5 Å². The maximum Gasteiger partial charge on any atom is 0.337 e. The fraction of sp³-hybridized carbons (Fsp3) is 0.400. The van der Waals surface area contributed by atoms with Gasteiger partial charge >= 0.3 is 12.0 Å². The zero-order valence-electron chi connectivity index (χ0n) is 23.1. The van der Waals surface area contributed by atoms with Gasteiger partial charge in [0.25, 0.3) is 5.91 Å². The van der Waals surface area contributed by atoms with Crippen LogP contribution in [0.5, 0.6) is 0 Å². The van der Waals surface area contributed by atoms with Crippen LogP contribution in [-0.4, -0.2) is 50.9 Å². The Kier molecular flexibility index (Phi) is 9.35. The Morgan fingerprint density at radius 2 is 1.77 bits per heavy atom. The smallest absolute Gasteiger partial charge is 0.337 e. The first-order valence-corrected chi connectivity index (χ1v) is 14.4. The summed E-state index contributed by atoms with van der Waals surface area (Å²) in [5.41, 5.74) is 3.71. The van der Waals surface area contributed by atoms with E-state index in [1.165, 1.54) is 12.0 Å². The molecular weight excluding hydrogens is 512 g/mol. The highest BCUT2D eigenvalue weighted by atomic mass is 32.1. The molecule has 206 valence electrons. The first-order valence-electron chi connectivity index (χ1n) is 13.5. The second kappa shape index (κ2) is 12.9. The maximum atomic E-state index is 13.6. The van der Waals surface area contributed by atoms with Crippen LogP contribution in [-0.2, 0) is 29.0 Å². The van der Waals surface area contributed by atoms with E-state index in [0.29, 0.717) is 30.9 Å². The van der Waals surface area contributed by atoms with Gasteiger partial charge in [0, 0.05) is 24.4 Å². The van der Waals surface area contributed by atoms with E-state index >= 15 is 0 Å². The lowest BCUT2D eigenvalue weighted by atomic mass is 10.1. The molecule has 1 fully saturated rings. The number of carbonyl (C=O) groups excluding carboxylic acids is 3. The minimum Gasteiger partial charge on any atom is -0.465 e. The summed E-state index contributed by atoms with van der Waals surface area (Å²) in [5, 5.41) is 2.01. The summed E-state index contributed by atoms with van der Waals surface area (Å²) in [6, 6.07) is 9.05. The van der Waals surface area contributed by atoms with Crippen LogP contribution >= 0.6 is 11.3 Å². The Balaban J connectivity index is 1.72. The number of unbranched alkanes of at least 4 members (excludes halogenated alkanes) is 2. The standard InChI is InChI=1S/C30H36N4O4S/c1-5-7-9-27-31-18-24(33(27)19-22-10-12-23(13-11-22)29(36)38-4)17-25-28(35)32(15-8-6-2)30(37)34(25)20-26-21(3)14-16-39-26/h10-14,16-18H,5-9,15,19-20H2,1-4H3/b25-17-. The molecule has 1 aromatic carbocycles. The van der Waals surface area contributed by atoms with Gasteiger partial charge in [-0.1, -0.05) is 38.8 Å². The van der Waals surface area contributed by atoms with Gasteiger partial charge < -0.3 is 9.30 Å². The number of benzene rings is 1. The number of ether oxygens (including phenoxy) is 1. The van der Waals surface area contributed by atoms with E-state index in [4.69, 9.17) is 9.72 Å². The number of aryl methyl sites for hydroxylation is 2. The monoisotopic (exact) mass is 548 g/mol. The first kappa shape index (κ1) is 28.3. The summed E-state index contributed by atoms with van der Waals surface area (Å²) < 4.78 is 6.91. The van der Waals surface area contributed by atoms with Crippen LogP contribution in [0, 0.1) is 6.92 Å². The van der Waals surface area contributed by atoms with Gasteiger partial charge in [0.15, 0.2) is 0 Å². The predicted molar refractivity (Wildman–Crippen MR) is 152 cm³/mol. The number of aromatic nitrogens is 2. The summed E-state index contributed by atoms with van der Waals surface area (Å²) in [7, 11) is 1.36. The van der Waals surface area contributed by atoms with Crippen LogP contribution in [0.3, 0.4) is 0 Å². The van der Waals surface area contributed by atoms with Crippen molar-refractivity contribution in [2.75, 3.05) is 13.7 Å². The van der Waals surface area contributed by atoms with E-state index in [1.54, 1.807) is 40.6 Å². The Labute approximate surface area is 233 Å². The van der Waals surface area contributed by atoms with Crippen LogP contribution in [0.4, 0.5) is 4.79 Å². The molecule has 1 aliphatic heterocycles. The summed E-state index contributed by atoms with van der Waals surface area (Å²) >= 11 is 1.59. The molecular formula is C30H36N4O4S. The number of nitrogens with zero attached hydrogens (tertiary/aromatic N) is 4. The molecule has 0 unspecified atom stereocenters. The zero-order valence-corrected chi connectivity index (χ0v) is 23.9. The van der Waals surface area contributed by atoms with Crippen molar-refractivity contribution in [2.45, 2.75) is 66.0 Å². The van der Waals surface area contributed by atoms with E-state index in [1.807, 2.05) is 37.4 Å². The third-order valence-corrected chi connectivity index (χ3v) is 7.95. The number of hydrogen-bond acceptors (Lipinski definition) is 6. The summed E-state index contributed by atoms with van der Waals surface area (Å²) in [5.74, 6) is 0.269. The van der Waals surface area contributed by atoms with E-state index < -0.39 is 0 Å². The SMILES string of the molecule is CCCCc1ncc(/C=C2/C(=O)N(CCCC)C(=O)N2Cc2sccc2C)n1Cc1ccc(C(=O)OC)cc1. The van der Waals surface area contributed by atoms with Crippen molar-refractivity contribution >= 4 is 35.3 Å². The molecule has 8 nitrogen and oxygen atoms in total. The van der Waals surface area contributed by atoms with Crippen LogP contribution in [0.25, 0.3) is 6.08 Å². The number of carbonyl (C=O) groups is 3. The lowest BCUT2D eigenvalue weighted by Gasteiger charge is -2.17. The van der Waals surface area contributed by atoms with Crippen LogP contribution in [0.15, 0.2) is 47.6 Å². The summed E-state index contributed by atoms with van der Waals surface area (Å²) in [4.78, 5) is 47.6. The molecule has 4 rings (SSSR count). The number of imide groups is 1. The fourth-order valence-electron chi connectivity index (χ4n) is 4.55. The molecule has 0 N–H and O–H groups in total. The van der Waals surface area contributed by atoms with Crippen LogP contribution < -0.4 is 0 Å². The minimum atomic E-state index is -0.378. The number of esters is 1. The highest BCUT2D eigenvalue weighted by Crippen LogP contribution is 2.29. The lowest BCUT2D eigenvalue weighted by Crippen LogP contribution is -2.33. The molecule has 39 heavy (non-hydrogen) atoms. The average Bonchev–Trinajstić information content (AvgIpc) is 3.59. The molecule has 3 amide bonds. The van der Waals surface area contributed by atoms with Crippen molar-refractivity contribution in [1.82, 2.24) is 19.4 Å². The Morgan fingerprint density at radius 3 is 2.41 bits per heavy atom. The summed E-state index contributed by atoms with van der Waals surface area (Å²) in [6.45, 7) is 7.48. The second-order valence-corrected chi connectivity index (χ2v) is 10.7. The van der Waals surface area contributed by atoms with Crippen molar-refractivity contribution in [1.29, 1.82) is 0 Å². The third kappa shape index (κ3) is 6.30. The van der Waals surface area contributed by atoms with Gasteiger partial charge in [0.05, 0.1) is 31.1 Å². The number of methoxy groups -OCH3 is 1. The topological polar surface area (TPSA) is 84.7 Å². The molecule has 3 heterocycles. The van der Waals surface area contributed by atoms with Crippen LogP contribution in [0.2, 0.25) is 0 Å². The van der Waals surface area contributed by atoms with Crippen molar-refractivity contribution in [2.24, 2.45) is 0 Å². The largest absolute Gasteiger partial charge is 0.465 e. The highest BCUT2D eigenvalue weighted by Gasteiger charge is 2.41. The molecule has 0 saturated carbocycles. The number of urea groups is 1. The molecule has 0 aliphatic carbocycles. The number of hydrogen-bond donors (Lipinski definition) is 0. The minimum absolute atomic E-state index is 0.270. The second-order valence-electron chi connectivity index (χ2n) is 9.71. The molecule has 0 radical (unpaired) electrons. The summed E-state index contributed by atoms with van der Waals surface area (Å²) in [6.07, 6.45) is 8.06. The number of amides is 3. The third-order valence-electron chi connectivity index (χ3n) is 6.95. The Bertz CT molecular complexity index is 1360. The number of rotatable bonds is 12. The Hall–Kier alpha value is -3.72. The van der Waals surface area contributed by atoms with Crippen molar-refractivity contribution in [3.8, 4) is 0 Å². The highest BCUT2D eigenvalue weighted by molar-refractivity contribution is 7.10. The first-order chi connectivity index (χ1) is 18.9. The molecule has 2 aromatic heterocycles. The molecule has 0 atom stereocenters. The van der Waals surface area contributed by atoms with Crippen molar-refractivity contribution in [3.63, 3.8) is 0 Å². The molecule has 9 heteroatoms. The molecule has 0 spiro atoms. The van der Waals surface area contributed by atoms with E-state index in [0.717, 1.165) is 59.6 Å². The quantitative estimate of drug-likeness (QED) is 0.157. The number of imidazole rings is 1. The van der Waals surface area contributed by atoms with Gasteiger partial charge in [-0.15, -0.1) is 11.3 Å². The number of thiophene rings is 1. The van der Waals surface area contributed by atoms with Crippen LogP contribution in [0.1, 0.15) is 77.4 Å². The normalized spacial score (nSPS) is 14.6. The van der Waals surface area contributed by atoms with E-state index in [-0.39, 0.29) is 17.9 Å². The van der Waals surface area contributed by atoms with Crippen molar-refractivity contribution < 1.29 is 19.1 Å². The average molecular weight is 549 g/mol.